The van der Waals surface area contributed by atoms with Gasteiger partial charge >= 0.3 is 6.18 Å². The zero-order valence-electron chi connectivity index (χ0n) is 10.9. The van der Waals surface area contributed by atoms with Crippen LogP contribution in [0.4, 0.5) is 13.2 Å². The van der Waals surface area contributed by atoms with Crippen molar-refractivity contribution >= 4 is 12.4 Å². The van der Waals surface area contributed by atoms with Gasteiger partial charge < -0.3 is 15.6 Å². The Kier molecular flexibility index (Phi) is 5.29. The van der Waals surface area contributed by atoms with Crippen molar-refractivity contribution in [3.05, 3.63) is 29.3 Å². The highest BCUT2D eigenvalue weighted by Gasteiger charge is 2.36. The lowest BCUT2D eigenvalue weighted by atomic mass is 9.97. The molecule has 0 heterocycles. The van der Waals surface area contributed by atoms with Gasteiger partial charge in [0.1, 0.15) is 5.75 Å². The Morgan fingerprint density at radius 2 is 1.95 bits per heavy atom. The van der Waals surface area contributed by atoms with Crippen LogP contribution in [-0.2, 0) is 6.18 Å². The summed E-state index contributed by atoms with van der Waals surface area (Å²) in [5.74, 6) is 0.198. The average molecular weight is 312 g/mol. The molecule has 3 nitrogen and oxygen atoms in total. The lowest BCUT2D eigenvalue weighted by Crippen LogP contribution is -2.28. The van der Waals surface area contributed by atoms with E-state index in [2.05, 4.69) is 0 Å². The van der Waals surface area contributed by atoms with E-state index >= 15 is 0 Å². The summed E-state index contributed by atoms with van der Waals surface area (Å²) in [7, 11) is 1.29. The fourth-order valence-electron chi connectivity index (χ4n) is 2.08. The molecule has 2 rings (SSSR count). The first-order valence-electron chi connectivity index (χ1n) is 6.03. The van der Waals surface area contributed by atoms with Gasteiger partial charge in [0.05, 0.1) is 24.8 Å². The van der Waals surface area contributed by atoms with Gasteiger partial charge in [-0.15, -0.1) is 12.4 Å². The normalized spacial score (nSPS) is 18.1. The zero-order valence-corrected chi connectivity index (χ0v) is 11.7. The number of benzene rings is 1. The van der Waals surface area contributed by atoms with Crippen molar-refractivity contribution in [3.63, 3.8) is 0 Å². The Hall–Kier alpha value is -0.980. The second-order valence-electron chi connectivity index (χ2n) is 4.81. The highest BCUT2D eigenvalue weighted by molar-refractivity contribution is 5.85. The predicted molar refractivity (Wildman–Crippen MR) is 70.9 cm³/mol. The van der Waals surface area contributed by atoms with Crippen molar-refractivity contribution < 1.29 is 23.0 Å². The van der Waals surface area contributed by atoms with Crippen molar-refractivity contribution in [2.45, 2.75) is 31.2 Å². The molecule has 0 spiro atoms. The maximum absolute atomic E-state index is 12.6. The van der Waals surface area contributed by atoms with Gasteiger partial charge in [-0.1, -0.05) is 6.07 Å². The van der Waals surface area contributed by atoms with Crippen molar-refractivity contribution in [2.24, 2.45) is 11.7 Å². The predicted octanol–water partition coefficient (Wildman–Crippen LogP) is 2.91. The van der Waals surface area contributed by atoms with E-state index in [0.717, 1.165) is 25.0 Å². The zero-order chi connectivity index (χ0) is 14.2. The molecule has 0 saturated heterocycles. The lowest BCUT2D eigenvalue weighted by molar-refractivity contribution is -0.137. The van der Waals surface area contributed by atoms with Crippen molar-refractivity contribution in [1.82, 2.24) is 0 Å². The number of hydrogen-bond acceptors (Lipinski definition) is 3. The molecule has 114 valence electrons. The van der Waals surface area contributed by atoms with Gasteiger partial charge in [-0.2, -0.15) is 13.2 Å². The average Bonchev–Trinajstić information content (AvgIpc) is 3.19. The molecule has 1 aliphatic carbocycles. The first kappa shape index (κ1) is 17.1. The smallest absolute Gasteiger partial charge is 0.416 e. The molecule has 0 aliphatic heterocycles. The van der Waals surface area contributed by atoms with Crippen LogP contribution in [0.3, 0.4) is 0 Å². The van der Waals surface area contributed by atoms with Gasteiger partial charge in [-0.3, -0.25) is 0 Å². The van der Waals surface area contributed by atoms with Gasteiger partial charge in [-0.25, -0.2) is 0 Å². The summed E-state index contributed by atoms with van der Waals surface area (Å²) in [5, 5.41) is 9.96. The van der Waals surface area contributed by atoms with Crippen LogP contribution in [0.2, 0.25) is 0 Å². The molecule has 0 amide bonds. The molecule has 3 N–H and O–H groups in total. The largest absolute Gasteiger partial charge is 0.496 e. The molecular formula is C13H17ClF3NO2. The number of rotatable bonds is 4. The molecule has 1 aromatic rings. The lowest BCUT2D eigenvalue weighted by Gasteiger charge is -2.22. The van der Waals surface area contributed by atoms with Crippen LogP contribution in [0, 0.1) is 5.92 Å². The second-order valence-corrected chi connectivity index (χ2v) is 4.81. The molecule has 1 aromatic carbocycles. The van der Waals surface area contributed by atoms with Crippen LogP contribution in [0.1, 0.15) is 30.0 Å². The number of hydrogen-bond donors (Lipinski definition) is 2. The standard InChI is InChI=1S/C13H16F3NO2.ClH/c1-19-10-6-8(13(14,15)16)4-5-9(10)11(17)12(18)7-2-3-7;/h4-7,11-12,18H,2-3,17H2,1H3;1H/t11-,12+;/m0./s1. The quantitative estimate of drug-likeness (QED) is 0.899. The molecule has 0 bridgehead atoms. The van der Waals surface area contributed by atoms with Crippen LogP contribution in [0.15, 0.2) is 18.2 Å². The summed E-state index contributed by atoms with van der Waals surface area (Å²) in [6.45, 7) is 0. The van der Waals surface area contributed by atoms with E-state index in [4.69, 9.17) is 10.5 Å². The molecular weight excluding hydrogens is 295 g/mol. The highest BCUT2D eigenvalue weighted by Crippen LogP contribution is 2.40. The third-order valence-corrected chi connectivity index (χ3v) is 3.39. The van der Waals surface area contributed by atoms with E-state index in [9.17, 15) is 18.3 Å². The number of nitrogens with two attached hydrogens (primary N) is 1. The van der Waals surface area contributed by atoms with E-state index in [-0.39, 0.29) is 24.1 Å². The molecule has 1 fully saturated rings. The number of methoxy groups -OCH3 is 1. The Balaban J connectivity index is 0.00000200. The van der Waals surface area contributed by atoms with E-state index < -0.39 is 23.9 Å². The maximum Gasteiger partial charge on any atom is 0.416 e. The van der Waals surface area contributed by atoms with Crippen LogP contribution in [0.25, 0.3) is 0 Å². The highest BCUT2D eigenvalue weighted by atomic mass is 35.5. The first-order valence-corrected chi connectivity index (χ1v) is 6.03. The van der Waals surface area contributed by atoms with Crippen LogP contribution >= 0.6 is 12.4 Å². The second kappa shape index (κ2) is 6.20. The molecule has 0 unspecified atom stereocenters. The Morgan fingerprint density at radius 1 is 1.35 bits per heavy atom. The monoisotopic (exact) mass is 311 g/mol. The summed E-state index contributed by atoms with van der Waals surface area (Å²) in [6.07, 6.45) is -3.37. The molecule has 1 aliphatic rings. The Bertz CT molecular complexity index is 463. The number of alkyl halides is 3. The molecule has 7 heteroatoms. The van der Waals surface area contributed by atoms with E-state index in [1.165, 1.54) is 13.2 Å². The number of ether oxygens (including phenoxy) is 1. The number of halogens is 4. The van der Waals surface area contributed by atoms with Crippen LogP contribution in [0.5, 0.6) is 5.75 Å². The summed E-state index contributed by atoms with van der Waals surface area (Å²) in [4.78, 5) is 0. The van der Waals surface area contributed by atoms with Crippen molar-refractivity contribution in [3.8, 4) is 5.75 Å². The molecule has 1 saturated carbocycles. The number of aliphatic hydroxyl groups is 1. The SMILES string of the molecule is COc1cc(C(F)(F)F)ccc1[C@H](N)[C@H](O)C1CC1.Cl. The molecule has 2 atom stereocenters. The maximum atomic E-state index is 12.6. The summed E-state index contributed by atoms with van der Waals surface area (Å²) < 4.78 is 42.8. The van der Waals surface area contributed by atoms with Crippen LogP contribution in [-0.4, -0.2) is 18.3 Å². The van der Waals surface area contributed by atoms with E-state index in [1.54, 1.807) is 0 Å². The third kappa shape index (κ3) is 3.56. The van der Waals surface area contributed by atoms with E-state index in [0.29, 0.717) is 5.56 Å². The van der Waals surface area contributed by atoms with Gasteiger partial charge in [0.2, 0.25) is 0 Å². The minimum absolute atomic E-state index is 0. The number of aliphatic hydroxyl groups excluding tert-OH is 1. The minimum atomic E-state index is -4.43. The van der Waals surface area contributed by atoms with Gasteiger partial charge in [-0.05, 0) is 30.9 Å². The van der Waals surface area contributed by atoms with Crippen molar-refractivity contribution in [1.29, 1.82) is 0 Å². The van der Waals surface area contributed by atoms with Gasteiger partial charge in [0, 0.05) is 5.56 Å². The fraction of sp³-hybridized carbons (Fsp3) is 0.538. The van der Waals surface area contributed by atoms with Crippen LogP contribution < -0.4 is 10.5 Å². The van der Waals surface area contributed by atoms with Crippen molar-refractivity contribution in [2.75, 3.05) is 7.11 Å². The first-order chi connectivity index (χ1) is 8.84. The topological polar surface area (TPSA) is 55.5 Å². The summed E-state index contributed by atoms with van der Waals surface area (Å²) in [6, 6.07) is 2.41. The summed E-state index contributed by atoms with van der Waals surface area (Å²) in [5.41, 5.74) is 5.51. The molecule has 20 heavy (non-hydrogen) atoms. The van der Waals surface area contributed by atoms with Gasteiger partial charge in [0.25, 0.3) is 0 Å². The Labute approximate surface area is 121 Å². The third-order valence-electron chi connectivity index (χ3n) is 3.39. The minimum Gasteiger partial charge on any atom is -0.496 e. The molecule has 0 aromatic heterocycles. The van der Waals surface area contributed by atoms with Gasteiger partial charge in [0.15, 0.2) is 0 Å². The fourth-order valence-corrected chi connectivity index (χ4v) is 2.08. The Morgan fingerprint density at radius 3 is 2.40 bits per heavy atom. The summed E-state index contributed by atoms with van der Waals surface area (Å²) >= 11 is 0. The van der Waals surface area contributed by atoms with E-state index in [1.807, 2.05) is 0 Å². The molecule has 0 radical (unpaired) electrons.